The molecule has 2 aliphatic carbocycles. The lowest BCUT2D eigenvalue weighted by Gasteiger charge is -2.27. The van der Waals surface area contributed by atoms with Gasteiger partial charge in [-0.25, -0.2) is 0 Å². The summed E-state index contributed by atoms with van der Waals surface area (Å²) in [7, 11) is 0. The topological polar surface area (TPSA) is 26.3 Å². The van der Waals surface area contributed by atoms with Crippen molar-refractivity contribution >= 4 is 5.97 Å². The highest BCUT2D eigenvalue weighted by Gasteiger charge is 2.27. The van der Waals surface area contributed by atoms with Gasteiger partial charge in [0.25, 0.3) is 0 Å². The molecule has 3 rings (SSSR count). The summed E-state index contributed by atoms with van der Waals surface area (Å²) in [6.45, 7) is 2.28. The Bertz CT molecular complexity index is 606. The van der Waals surface area contributed by atoms with Gasteiger partial charge in [-0.05, 0) is 68.1 Å². The first-order valence-electron chi connectivity index (χ1n) is 13.6. The van der Waals surface area contributed by atoms with E-state index in [1.165, 1.54) is 108 Å². The van der Waals surface area contributed by atoms with Crippen molar-refractivity contribution in [2.24, 2.45) is 11.8 Å². The van der Waals surface area contributed by atoms with Gasteiger partial charge in [-0.2, -0.15) is 0 Å². The standard InChI is InChI=1S/C29H46O2/c1-2-3-4-5-6-7-8-10-13-24-16-18-27(19-17-24)29(30)31-28-22-20-26(21-23-28)25-14-11-9-12-15-25/h20-25,27H,2-19H2,1H3. The average Bonchev–Trinajstić information content (AvgIpc) is 2.82. The first kappa shape index (κ1) is 24.3. The lowest BCUT2D eigenvalue weighted by atomic mass is 9.79. The third-order valence-electron chi connectivity index (χ3n) is 7.82. The van der Waals surface area contributed by atoms with E-state index in [2.05, 4.69) is 19.1 Å². The van der Waals surface area contributed by atoms with E-state index in [0.717, 1.165) is 24.5 Å². The minimum atomic E-state index is -0.00375. The molecule has 0 aromatic heterocycles. The van der Waals surface area contributed by atoms with Gasteiger partial charge in [0, 0.05) is 0 Å². The summed E-state index contributed by atoms with van der Waals surface area (Å²) < 4.78 is 5.75. The first-order valence-corrected chi connectivity index (χ1v) is 13.6. The Hall–Kier alpha value is -1.31. The van der Waals surface area contributed by atoms with E-state index in [1.54, 1.807) is 0 Å². The van der Waals surface area contributed by atoms with Crippen LogP contribution in [0, 0.1) is 11.8 Å². The summed E-state index contributed by atoms with van der Waals surface area (Å²) in [5.41, 5.74) is 1.42. The molecule has 0 radical (unpaired) electrons. The summed E-state index contributed by atoms with van der Waals surface area (Å²) in [6, 6.07) is 8.38. The predicted octanol–water partition coefficient (Wildman–Crippen LogP) is 8.98. The Morgan fingerprint density at radius 2 is 1.39 bits per heavy atom. The van der Waals surface area contributed by atoms with Crippen LogP contribution in [-0.2, 0) is 4.79 Å². The molecule has 0 N–H and O–H groups in total. The highest BCUT2D eigenvalue weighted by molar-refractivity contribution is 5.75. The van der Waals surface area contributed by atoms with E-state index in [1.807, 2.05) is 12.1 Å². The fourth-order valence-electron chi connectivity index (χ4n) is 5.70. The van der Waals surface area contributed by atoms with E-state index < -0.39 is 0 Å². The fourth-order valence-corrected chi connectivity index (χ4v) is 5.70. The van der Waals surface area contributed by atoms with E-state index in [9.17, 15) is 4.79 Å². The van der Waals surface area contributed by atoms with E-state index in [-0.39, 0.29) is 11.9 Å². The van der Waals surface area contributed by atoms with Gasteiger partial charge in [-0.1, -0.05) is 96.1 Å². The third kappa shape index (κ3) is 8.62. The number of hydrogen-bond acceptors (Lipinski definition) is 2. The van der Waals surface area contributed by atoms with Crippen LogP contribution < -0.4 is 4.74 Å². The van der Waals surface area contributed by atoms with E-state index in [0.29, 0.717) is 5.92 Å². The summed E-state index contributed by atoms with van der Waals surface area (Å²) in [6.07, 6.45) is 23.7. The molecule has 0 unspecified atom stereocenters. The Labute approximate surface area is 191 Å². The summed E-state index contributed by atoms with van der Waals surface area (Å²) >= 11 is 0. The second-order valence-corrected chi connectivity index (χ2v) is 10.3. The monoisotopic (exact) mass is 426 g/mol. The maximum atomic E-state index is 12.6. The zero-order chi connectivity index (χ0) is 21.7. The van der Waals surface area contributed by atoms with Gasteiger partial charge >= 0.3 is 5.97 Å². The van der Waals surface area contributed by atoms with E-state index >= 15 is 0 Å². The molecule has 1 aromatic carbocycles. The van der Waals surface area contributed by atoms with Crippen molar-refractivity contribution in [2.45, 2.75) is 128 Å². The quantitative estimate of drug-likeness (QED) is 0.189. The molecule has 0 aliphatic heterocycles. The van der Waals surface area contributed by atoms with Crippen molar-refractivity contribution in [1.29, 1.82) is 0 Å². The number of esters is 1. The molecule has 0 atom stereocenters. The van der Waals surface area contributed by atoms with Crippen molar-refractivity contribution in [3.05, 3.63) is 29.8 Å². The zero-order valence-electron chi connectivity index (χ0n) is 20.1. The van der Waals surface area contributed by atoms with Gasteiger partial charge in [0.1, 0.15) is 5.75 Å². The molecule has 2 aliphatic rings. The highest BCUT2D eigenvalue weighted by atomic mass is 16.5. The van der Waals surface area contributed by atoms with Crippen LogP contribution in [0.4, 0.5) is 0 Å². The van der Waals surface area contributed by atoms with Crippen LogP contribution in [0.3, 0.4) is 0 Å². The van der Waals surface area contributed by atoms with Crippen LogP contribution in [-0.4, -0.2) is 5.97 Å². The van der Waals surface area contributed by atoms with Crippen LogP contribution in [0.5, 0.6) is 5.75 Å². The van der Waals surface area contributed by atoms with Gasteiger partial charge in [0.2, 0.25) is 0 Å². The molecule has 0 saturated heterocycles. The van der Waals surface area contributed by atoms with Gasteiger partial charge < -0.3 is 4.74 Å². The van der Waals surface area contributed by atoms with Gasteiger partial charge in [-0.15, -0.1) is 0 Å². The Balaban J connectivity index is 1.28. The molecule has 2 saturated carbocycles. The normalized spacial score (nSPS) is 22.4. The van der Waals surface area contributed by atoms with Crippen molar-refractivity contribution in [1.82, 2.24) is 0 Å². The van der Waals surface area contributed by atoms with Gasteiger partial charge in [0.05, 0.1) is 5.92 Å². The van der Waals surface area contributed by atoms with Gasteiger partial charge in [-0.3, -0.25) is 4.79 Å². The lowest BCUT2D eigenvalue weighted by molar-refractivity contribution is -0.140. The summed E-state index contributed by atoms with van der Waals surface area (Å²) in [5, 5.41) is 0. The molecule has 31 heavy (non-hydrogen) atoms. The van der Waals surface area contributed by atoms with E-state index in [4.69, 9.17) is 4.74 Å². The van der Waals surface area contributed by atoms with Crippen LogP contribution in [0.2, 0.25) is 0 Å². The molecule has 1 aromatic rings. The van der Waals surface area contributed by atoms with Crippen LogP contribution in [0.15, 0.2) is 24.3 Å². The molecule has 2 nitrogen and oxygen atoms in total. The Morgan fingerprint density at radius 3 is 2.03 bits per heavy atom. The molecular weight excluding hydrogens is 380 g/mol. The molecule has 0 heterocycles. The molecule has 0 bridgehead atoms. The predicted molar refractivity (Wildman–Crippen MR) is 131 cm³/mol. The second kappa shape index (κ2) is 14.0. The van der Waals surface area contributed by atoms with Crippen molar-refractivity contribution < 1.29 is 9.53 Å². The highest BCUT2D eigenvalue weighted by Crippen LogP contribution is 2.35. The third-order valence-corrected chi connectivity index (χ3v) is 7.82. The van der Waals surface area contributed by atoms with Crippen LogP contribution in [0.1, 0.15) is 134 Å². The average molecular weight is 427 g/mol. The number of hydrogen-bond donors (Lipinski definition) is 0. The number of carbonyl (C=O) groups excluding carboxylic acids is 1. The zero-order valence-corrected chi connectivity index (χ0v) is 20.1. The van der Waals surface area contributed by atoms with Crippen molar-refractivity contribution in [2.75, 3.05) is 0 Å². The SMILES string of the molecule is CCCCCCCCCCC1CCC(C(=O)Oc2ccc(C3CCCCC3)cc2)CC1. The summed E-state index contributed by atoms with van der Waals surface area (Å²) in [5.74, 6) is 2.36. The van der Waals surface area contributed by atoms with Crippen molar-refractivity contribution in [3.63, 3.8) is 0 Å². The molecular formula is C29H46O2. The van der Waals surface area contributed by atoms with Gasteiger partial charge in [0.15, 0.2) is 0 Å². The second-order valence-electron chi connectivity index (χ2n) is 10.3. The molecule has 2 fully saturated rings. The maximum absolute atomic E-state index is 12.6. The Morgan fingerprint density at radius 1 is 0.774 bits per heavy atom. The number of unbranched alkanes of at least 4 members (excludes halogenated alkanes) is 7. The molecule has 174 valence electrons. The molecule has 0 amide bonds. The van der Waals surface area contributed by atoms with Crippen molar-refractivity contribution in [3.8, 4) is 5.75 Å². The minimum Gasteiger partial charge on any atom is -0.426 e. The first-order chi connectivity index (χ1) is 15.3. The number of benzene rings is 1. The molecule has 2 heteroatoms. The maximum Gasteiger partial charge on any atom is 0.314 e. The Kier molecular flexibility index (Phi) is 11.0. The number of rotatable bonds is 12. The fraction of sp³-hybridized carbons (Fsp3) is 0.759. The largest absolute Gasteiger partial charge is 0.426 e. The number of carbonyl (C=O) groups is 1. The smallest absolute Gasteiger partial charge is 0.314 e. The molecule has 0 spiro atoms. The lowest BCUT2D eigenvalue weighted by Crippen LogP contribution is -2.25. The number of ether oxygens (including phenoxy) is 1. The minimum absolute atomic E-state index is 0.00375. The van der Waals surface area contributed by atoms with Crippen LogP contribution >= 0.6 is 0 Å². The van der Waals surface area contributed by atoms with Crippen LogP contribution in [0.25, 0.3) is 0 Å². The summed E-state index contributed by atoms with van der Waals surface area (Å²) in [4.78, 5) is 12.6.